The Labute approximate surface area is 238 Å². The average Bonchev–Trinajstić information content (AvgIpc) is 3.03. The smallest absolute Gasteiger partial charge is 0.268 e. The van der Waals surface area contributed by atoms with Gasteiger partial charge in [0.15, 0.2) is 5.60 Å². The van der Waals surface area contributed by atoms with Crippen molar-refractivity contribution in [2.75, 3.05) is 11.4 Å². The standard InChI is InChI=1S/C34H29N3O4/c35-23-25-15-13-24(14-16-25)17-20-31(38)37-21-7-8-26-22-27(18-19-30(26)37)32(39)36-33(40)34(41,28-9-3-1-4-10-28)29-11-5-2-6-12-29/h1-6,9-16,18-19,22,41H,7-8,17,20-21H2,(H,36,39,40). The number of anilines is 1. The van der Waals surface area contributed by atoms with Crippen LogP contribution in [0.15, 0.2) is 103 Å². The summed E-state index contributed by atoms with van der Waals surface area (Å²) in [6, 6.07) is 31.4. The molecule has 0 atom stereocenters. The van der Waals surface area contributed by atoms with Crippen LogP contribution in [0.25, 0.3) is 0 Å². The number of nitriles is 1. The summed E-state index contributed by atoms with van der Waals surface area (Å²) in [6.07, 6.45) is 2.33. The lowest BCUT2D eigenvalue weighted by Gasteiger charge is -2.30. The minimum Gasteiger partial charge on any atom is -0.372 e. The van der Waals surface area contributed by atoms with Crippen molar-refractivity contribution < 1.29 is 19.5 Å². The number of imide groups is 1. The number of carbonyl (C=O) groups excluding carboxylic acids is 3. The van der Waals surface area contributed by atoms with Crippen molar-refractivity contribution in [1.82, 2.24) is 5.32 Å². The molecule has 1 heterocycles. The number of aryl methyl sites for hydroxylation is 2. The van der Waals surface area contributed by atoms with E-state index in [0.29, 0.717) is 42.5 Å². The predicted molar refractivity (Wildman–Crippen MR) is 155 cm³/mol. The zero-order valence-corrected chi connectivity index (χ0v) is 22.4. The first-order chi connectivity index (χ1) is 19.9. The molecule has 4 aromatic carbocycles. The molecule has 0 bridgehead atoms. The lowest BCUT2D eigenvalue weighted by Crippen LogP contribution is -2.47. The van der Waals surface area contributed by atoms with Gasteiger partial charge < -0.3 is 10.0 Å². The number of hydrogen-bond acceptors (Lipinski definition) is 5. The van der Waals surface area contributed by atoms with Crippen molar-refractivity contribution in [3.8, 4) is 6.07 Å². The van der Waals surface area contributed by atoms with Crippen LogP contribution in [0, 0.1) is 11.3 Å². The maximum absolute atomic E-state index is 13.5. The van der Waals surface area contributed by atoms with Crippen LogP contribution < -0.4 is 10.2 Å². The number of nitrogens with zero attached hydrogens (tertiary/aromatic N) is 2. The second-order valence-electron chi connectivity index (χ2n) is 10.0. The summed E-state index contributed by atoms with van der Waals surface area (Å²) in [4.78, 5) is 41.6. The highest BCUT2D eigenvalue weighted by atomic mass is 16.3. The van der Waals surface area contributed by atoms with Crippen LogP contribution in [0.4, 0.5) is 5.69 Å². The Bertz CT molecular complexity index is 1570. The van der Waals surface area contributed by atoms with E-state index in [1.807, 2.05) is 12.1 Å². The van der Waals surface area contributed by atoms with E-state index in [2.05, 4.69) is 11.4 Å². The quantitative estimate of drug-likeness (QED) is 0.352. The number of nitrogens with one attached hydrogen (secondary N) is 1. The minimum absolute atomic E-state index is 0.0153. The summed E-state index contributed by atoms with van der Waals surface area (Å²) in [6.45, 7) is 0.588. The van der Waals surface area contributed by atoms with Crippen LogP contribution in [0.3, 0.4) is 0 Å². The molecule has 0 saturated carbocycles. The number of rotatable bonds is 7. The Morgan fingerprint density at radius 2 is 1.51 bits per heavy atom. The predicted octanol–water partition coefficient (Wildman–Crippen LogP) is 4.66. The molecule has 0 spiro atoms. The fraction of sp³-hybridized carbons (Fsp3) is 0.176. The van der Waals surface area contributed by atoms with E-state index in [1.165, 1.54) is 0 Å². The molecule has 1 aliphatic heterocycles. The van der Waals surface area contributed by atoms with Gasteiger partial charge in [0.25, 0.3) is 11.8 Å². The number of carbonyl (C=O) groups is 3. The van der Waals surface area contributed by atoms with Crippen molar-refractivity contribution in [2.24, 2.45) is 0 Å². The lowest BCUT2D eigenvalue weighted by molar-refractivity contribution is -0.135. The van der Waals surface area contributed by atoms with Gasteiger partial charge in [0.2, 0.25) is 5.91 Å². The van der Waals surface area contributed by atoms with Gasteiger partial charge in [-0.3, -0.25) is 19.7 Å². The maximum atomic E-state index is 13.5. The lowest BCUT2D eigenvalue weighted by atomic mass is 9.85. The molecule has 0 radical (unpaired) electrons. The van der Waals surface area contributed by atoms with Gasteiger partial charge in [-0.1, -0.05) is 72.8 Å². The van der Waals surface area contributed by atoms with Crippen LogP contribution in [0.1, 0.15) is 51.0 Å². The Balaban J connectivity index is 1.31. The molecule has 0 saturated heterocycles. The summed E-state index contributed by atoms with van der Waals surface area (Å²) < 4.78 is 0. The van der Waals surface area contributed by atoms with Crippen LogP contribution in [-0.4, -0.2) is 29.4 Å². The first kappa shape index (κ1) is 27.5. The topological polar surface area (TPSA) is 111 Å². The third-order valence-corrected chi connectivity index (χ3v) is 7.41. The number of hydrogen-bond donors (Lipinski definition) is 2. The molecule has 3 amide bonds. The maximum Gasteiger partial charge on any atom is 0.268 e. The molecular weight excluding hydrogens is 514 g/mol. The summed E-state index contributed by atoms with van der Waals surface area (Å²) in [7, 11) is 0. The fourth-order valence-corrected chi connectivity index (χ4v) is 5.18. The summed E-state index contributed by atoms with van der Waals surface area (Å²) >= 11 is 0. The van der Waals surface area contributed by atoms with E-state index >= 15 is 0 Å². The number of aliphatic hydroxyl groups is 1. The van der Waals surface area contributed by atoms with E-state index in [1.54, 1.807) is 95.9 Å². The van der Waals surface area contributed by atoms with Crippen LogP contribution in [-0.2, 0) is 28.0 Å². The van der Waals surface area contributed by atoms with Crippen LogP contribution >= 0.6 is 0 Å². The highest BCUT2D eigenvalue weighted by Crippen LogP contribution is 2.31. The molecule has 204 valence electrons. The molecule has 7 heteroatoms. The van der Waals surface area contributed by atoms with Gasteiger partial charge in [-0.2, -0.15) is 5.26 Å². The fourth-order valence-electron chi connectivity index (χ4n) is 5.18. The van der Waals surface area contributed by atoms with Gasteiger partial charge in [0, 0.05) is 24.2 Å². The number of amides is 3. The molecule has 0 unspecified atom stereocenters. The van der Waals surface area contributed by atoms with Gasteiger partial charge in [-0.25, -0.2) is 0 Å². The van der Waals surface area contributed by atoms with Gasteiger partial charge in [-0.15, -0.1) is 0 Å². The second kappa shape index (κ2) is 12.0. The molecule has 4 aromatic rings. The monoisotopic (exact) mass is 543 g/mol. The first-order valence-corrected chi connectivity index (χ1v) is 13.5. The minimum atomic E-state index is -2.06. The Hall–Kier alpha value is -5.06. The number of benzene rings is 4. The van der Waals surface area contributed by atoms with Crippen molar-refractivity contribution in [1.29, 1.82) is 5.26 Å². The Kier molecular flexibility index (Phi) is 8.04. The van der Waals surface area contributed by atoms with Crippen LogP contribution in [0.5, 0.6) is 0 Å². The molecule has 0 aromatic heterocycles. The molecule has 2 N–H and O–H groups in total. The van der Waals surface area contributed by atoms with Gasteiger partial charge in [0.1, 0.15) is 0 Å². The third-order valence-electron chi connectivity index (χ3n) is 7.41. The van der Waals surface area contributed by atoms with Crippen molar-refractivity contribution in [2.45, 2.75) is 31.3 Å². The van der Waals surface area contributed by atoms with Crippen molar-refractivity contribution >= 4 is 23.4 Å². The van der Waals surface area contributed by atoms with Gasteiger partial charge in [-0.05, 0) is 71.8 Å². The zero-order chi connectivity index (χ0) is 28.8. The largest absolute Gasteiger partial charge is 0.372 e. The molecular formula is C34H29N3O4. The van der Waals surface area contributed by atoms with E-state index in [-0.39, 0.29) is 11.5 Å². The highest BCUT2D eigenvalue weighted by molar-refractivity contribution is 6.08. The SMILES string of the molecule is N#Cc1ccc(CCC(=O)N2CCCc3cc(C(=O)NC(=O)C(O)(c4ccccc4)c4ccccc4)ccc32)cc1. The van der Waals surface area contributed by atoms with Crippen LogP contribution in [0.2, 0.25) is 0 Å². The van der Waals surface area contributed by atoms with Gasteiger partial charge in [0.05, 0.1) is 11.6 Å². The van der Waals surface area contributed by atoms with Crippen molar-refractivity contribution in [3.63, 3.8) is 0 Å². The van der Waals surface area contributed by atoms with E-state index in [9.17, 15) is 19.5 Å². The summed E-state index contributed by atoms with van der Waals surface area (Å²) in [5.74, 6) is -1.50. The molecule has 5 rings (SSSR count). The zero-order valence-electron chi connectivity index (χ0n) is 22.4. The normalized spacial score (nSPS) is 12.6. The Morgan fingerprint density at radius 3 is 2.12 bits per heavy atom. The van der Waals surface area contributed by atoms with E-state index in [0.717, 1.165) is 23.2 Å². The average molecular weight is 544 g/mol. The third kappa shape index (κ3) is 5.79. The first-order valence-electron chi connectivity index (χ1n) is 13.5. The highest BCUT2D eigenvalue weighted by Gasteiger charge is 2.40. The Morgan fingerprint density at radius 1 is 0.878 bits per heavy atom. The summed E-state index contributed by atoms with van der Waals surface area (Å²) in [5, 5.41) is 23.0. The molecule has 1 aliphatic rings. The summed E-state index contributed by atoms with van der Waals surface area (Å²) in [5.41, 5.74) is 2.07. The second-order valence-corrected chi connectivity index (χ2v) is 10.0. The van der Waals surface area contributed by atoms with Crippen molar-refractivity contribution in [3.05, 3.63) is 137 Å². The van der Waals surface area contributed by atoms with E-state index < -0.39 is 17.4 Å². The number of fused-ring (bicyclic) bond motifs is 1. The van der Waals surface area contributed by atoms with Gasteiger partial charge >= 0.3 is 0 Å². The van der Waals surface area contributed by atoms with E-state index in [4.69, 9.17) is 5.26 Å². The molecule has 0 aliphatic carbocycles. The molecule has 0 fully saturated rings. The molecule has 7 nitrogen and oxygen atoms in total. The molecule has 41 heavy (non-hydrogen) atoms.